The van der Waals surface area contributed by atoms with Crippen molar-refractivity contribution in [2.75, 3.05) is 44.2 Å². The molecule has 4 aromatic rings. The summed E-state index contributed by atoms with van der Waals surface area (Å²) >= 11 is 0. The molecular weight excluding hydrogens is 562 g/mol. The second-order valence-electron chi connectivity index (χ2n) is 11.2. The smallest absolute Gasteiger partial charge is 0.408 e. The number of anilines is 1. The third kappa shape index (κ3) is 5.78. The van der Waals surface area contributed by atoms with Gasteiger partial charge >= 0.3 is 12.3 Å². The molecule has 0 saturated carbocycles. The zero-order valence-electron chi connectivity index (χ0n) is 23.8. The number of benzene rings is 3. The molecule has 226 valence electrons. The molecule has 0 unspecified atom stereocenters. The average molecular weight is 596 g/mol. The first kappa shape index (κ1) is 29.0. The summed E-state index contributed by atoms with van der Waals surface area (Å²) in [7, 11) is 1.94. The van der Waals surface area contributed by atoms with E-state index < -0.39 is 24.4 Å². The maximum absolute atomic E-state index is 13.7. The van der Waals surface area contributed by atoms with Crippen molar-refractivity contribution in [2.24, 2.45) is 7.05 Å². The first-order valence-corrected chi connectivity index (χ1v) is 14.5. The number of rotatable bonds is 8. The van der Waals surface area contributed by atoms with Gasteiger partial charge in [0.25, 0.3) is 0 Å². The highest BCUT2D eigenvalue weighted by Crippen LogP contribution is 2.52. The number of imidazole rings is 1. The fraction of sp³-hybridized carbons (Fsp3) is 0.375. The zero-order chi connectivity index (χ0) is 30.2. The predicted molar refractivity (Wildman–Crippen MR) is 156 cm³/mol. The summed E-state index contributed by atoms with van der Waals surface area (Å²) in [5.41, 5.74) is 3.75. The first-order chi connectivity index (χ1) is 20.6. The minimum atomic E-state index is -4.54. The molecular formula is C32H33F4N5O2. The van der Waals surface area contributed by atoms with E-state index in [1.807, 2.05) is 65.5 Å². The second-order valence-corrected chi connectivity index (χ2v) is 11.2. The van der Waals surface area contributed by atoms with E-state index in [0.717, 1.165) is 72.9 Å². The molecule has 0 spiro atoms. The number of halogens is 4. The number of amides is 1. The van der Waals surface area contributed by atoms with Gasteiger partial charge in [0.2, 0.25) is 5.95 Å². The Morgan fingerprint density at radius 2 is 1.60 bits per heavy atom. The van der Waals surface area contributed by atoms with Crippen LogP contribution in [-0.2, 0) is 17.4 Å². The Morgan fingerprint density at radius 1 is 0.953 bits per heavy atom. The number of alkyl carbamates (subject to hydrolysis) is 1. The van der Waals surface area contributed by atoms with Gasteiger partial charge < -0.3 is 19.5 Å². The van der Waals surface area contributed by atoms with Crippen molar-refractivity contribution < 1.29 is 27.1 Å². The topological polar surface area (TPSA) is 62.6 Å². The fourth-order valence-electron chi connectivity index (χ4n) is 6.41. The minimum absolute atomic E-state index is 0.305. The maximum atomic E-state index is 13.7. The van der Waals surface area contributed by atoms with Crippen LogP contribution in [0.2, 0.25) is 0 Å². The molecule has 2 aliphatic rings. The molecule has 2 heterocycles. The Balaban J connectivity index is 1.11. The van der Waals surface area contributed by atoms with Crippen molar-refractivity contribution in [1.29, 1.82) is 0 Å². The van der Waals surface area contributed by atoms with Crippen LogP contribution in [0.15, 0.2) is 66.7 Å². The summed E-state index contributed by atoms with van der Waals surface area (Å²) in [4.78, 5) is 22.0. The van der Waals surface area contributed by atoms with Gasteiger partial charge in [0.15, 0.2) is 5.60 Å². The van der Waals surface area contributed by atoms with Gasteiger partial charge in [0, 0.05) is 50.4 Å². The Hall–Kier alpha value is -4.12. The third-order valence-electron chi connectivity index (χ3n) is 8.44. The number of hydrogen-bond donors (Lipinski definition) is 1. The lowest BCUT2D eigenvalue weighted by Gasteiger charge is -2.35. The Bertz CT molecular complexity index is 1580. The summed E-state index contributed by atoms with van der Waals surface area (Å²) in [6, 6.07) is 19.8. The summed E-state index contributed by atoms with van der Waals surface area (Å²) in [5, 5.41) is 1.89. The maximum Gasteiger partial charge on any atom is 0.408 e. The normalized spacial score (nSPS) is 16.3. The van der Waals surface area contributed by atoms with E-state index in [-0.39, 0.29) is 5.82 Å². The standard InChI is InChI=1S/C32H33F4N5O2/c1-39-28-13-12-22(33)20-27(28)38-29(39)41-18-16-40(17-19-41)15-7-6-14-31(43-30(42)37-21-32(34,35)36)25-10-4-2-8-23(25)24-9-3-5-11-26(24)31/h2-5,8-13,20H,6-7,14-19,21H2,1H3,(H,37,42). The van der Waals surface area contributed by atoms with Crippen molar-refractivity contribution in [3.8, 4) is 11.1 Å². The highest BCUT2D eigenvalue weighted by atomic mass is 19.4. The molecule has 1 aliphatic carbocycles. The van der Waals surface area contributed by atoms with Crippen LogP contribution in [0.5, 0.6) is 0 Å². The molecule has 1 aliphatic heterocycles. The van der Waals surface area contributed by atoms with Crippen LogP contribution in [-0.4, -0.2) is 66.0 Å². The lowest BCUT2D eigenvalue weighted by molar-refractivity contribution is -0.124. The Labute approximate surface area is 247 Å². The van der Waals surface area contributed by atoms with Crippen molar-refractivity contribution >= 4 is 23.1 Å². The van der Waals surface area contributed by atoms with Crippen LogP contribution in [0.3, 0.4) is 0 Å². The zero-order valence-corrected chi connectivity index (χ0v) is 23.8. The van der Waals surface area contributed by atoms with Gasteiger partial charge in [0.05, 0.1) is 11.0 Å². The quantitative estimate of drug-likeness (QED) is 0.194. The van der Waals surface area contributed by atoms with Crippen LogP contribution in [0, 0.1) is 5.82 Å². The van der Waals surface area contributed by atoms with Gasteiger partial charge in [0.1, 0.15) is 12.4 Å². The number of alkyl halides is 3. The van der Waals surface area contributed by atoms with E-state index in [4.69, 9.17) is 4.74 Å². The Kier molecular flexibility index (Phi) is 7.76. The van der Waals surface area contributed by atoms with Gasteiger partial charge in [-0.1, -0.05) is 48.5 Å². The molecule has 11 heteroatoms. The number of unbranched alkanes of at least 4 members (excludes halogenated alkanes) is 1. The molecule has 1 fully saturated rings. The fourth-order valence-corrected chi connectivity index (χ4v) is 6.41. The van der Waals surface area contributed by atoms with Crippen LogP contribution >= 0.6 is 0 Å². The van der Waals surface area contributed by atoms with Gasteiger partial charge in [-0.15, -0.1) is 0 Å². The van der Waals surface area contributed by atoms with Crippen LogP contribution < -0.4 is 10.2 Å². The van der Waals surface area contributed by atoms with E-state index in [1.54, 1.807) is 6.07 Å². The summed E-state index contributed by atoms with van der Waals surface area (Å²) < 4.78 is 60.1. The number of nitrogens with zero attached hydrogens (tertiary/aromatic N) is 4. The van der Waals surface area contributed by atoms with Crippen molar-refractivity contribution in [2.45, 2.75) is 31.0 Å². The van der Waals surface area contributed by atoms with E-state index in [2.05, 4.69) is 14.8 Å². The van der Waals surface area contributed by atoms with Gasteiger partial charge in [-0.05, 0) is 49.1 Å². The van der Waals surface area contributed by atoms with Crippen molar-refractivity contribution in [3.63, 3.8) is 0 Å². The highest BCUT2D eigenvalue weighted by molar-refractivity contribution is 5.82. The molecule has 1 N–H and O–H groups in total. The molecule has 6 rings (SSSR count). The summed E-state index contributed by atoms with van der Waals surface area (Å²) in [5.74, 6) is 0.516. The van der Waals surface area contributed by atoms with Gasteiger partial charge in [-0.25, -0.2) is 14.2 Å². The van der Waals surface area contributed by atoms with Crippen molar-refractivity contribution in [1.82, 2.24) is 19.8 Å². The number of aromatic nitrogens is 2. The third-order valence-corrected chi connectivity index (χ3v) is 8.44. The average Bonchev–Trinajstić information content (AvgIpc) is 3.46. The summed E-state index contributed by atoms with van der Waals surface area (Å²) in [6.07, 6.45) is -3.67. The molecule has 0 bridgehead atoms. The molecule has 43 heavy (non-hydrogen) atoms. The molecule has 0 atom stereocenters. The number of aryl methyl sites for hydroxylation is 1. The number of fused-ring (bicyclic) bond motifs is 4. The first-order valence-electron chi connectivity index (χ1n) is 14.5. The predicted octanol–water partition coefficient (Wildman–Crippen LogP) is 6.22. The highest BCUT2D eigenvalue weighted by Gasteiger charge is 2.46. The lowest BCUT2D eigenvalue weighted by atomic mass is 9.86. The van der Waals surface area contributed by atoms with Crippen LogP contribution in [0.25, 0.3) is 22.2 Å². The number of hydrogen-bond acceptors (Lipinski definition) is 5. The van der Waals surface area contributed by atoms with Crippen molar-refractivity contribution in [3.05, 3.63) is 83.7 Å². The van der Waals surface area contributed by atoms with Gasteiger partial charge in [-0.3, -0.25) is 4.90 Å². The van der Waals surface area contributed by atoms with E-state index in [9.17, 15) is 22.4 Å². The molecule has 1 aromatic heterocycles. The number of carbonyl (C=O) groups is 1. The largest absolute Gasteiger partial charge is 0.433 e. The van der Waals surface area contributed by atoms with E-state index in [0.29, 0.717) is 18.4 Å². The monoisotopic (exact) mass is 595 g/mol. The number of ether oxygens (including phenoxy) is 1. The molecule has 0 radical (unpaired) electrons. The number of nitrogens with one attached hydrogen (secondary N) is 1. The second kappa shape index (κ2) is 11.5. The molecule has 7 nitrogen and oxygen atoms in total. The number of piperazine rings is 1. The lowest BCUT2D eigenvalue weighted by Crippen LogP contribution is -2.47. The van der Waals surface area contributed by atoms with E-state index in [1.165, 1.54) is 12.1 Å². The van der Waals surface area contributed by atoms with Gasteiger partial charge in [-0.2, -0.15) is 13.2 Å². The van der Waals surface area contributed by atoms with Crippen LogP contribution in [0.1, 0.15) is 30.4 Å². The summed E-state index contributed by atoms with van der Waals surface area (Å²) in [6.45, 7) is 2.62. The minimum Gasteiger partial charge on any atom is -0.433 e. The van der Waals surface area contributed by atoms with E-state index >= 15 is 0 Å². The van der Waals surface area contributed by atoms with Crippen LogP contribution in [0.4, 0.5) is 28.3 Å². The molecule has 1 saturated heterocycles. The molecule has 3 aromatic carbocycles. The Morgan fingerprint density at radius 3 is 2.26 bits per heavy atom. The SMILES string of the molecule is Cn1c(N2CCN(CCCCC3(OC(=O)NCC(F)(F)F)c4ccccc4-c4ccccc43)CC2)nc2cc(F)ccc21. The molecule has 1 amide bonds. The number of carbonyl (C=O) groups excluding carboxylic acids is 1.